The fourth-order valence-electron chi connectivity index (χ4n) is 4.82. The summed E-state index contributed by atoms with van der Waals surface area (Å²) >= 11 is 1.08. The molecular formula is C22H21F3N4OS. The van der Waals surface area contributed by atoms with E-state index in [2.05, 4.69) is 20.2 Å². The summed E-state index contributed by atoms with van der Waals surface area (Å²) < 4.78 is 38.4. The molecule has 1 saturated heterocycles. The second-order valence-corrected chi connectivity index (χ2v) is 9.65. The first-order chi connectivity index (χ1) is 14.8. The lowest BCUT2D eigenvalue weighted by Crippen LogP contribution is -2.52. The normalized spacial score (nSPS) is 23.3. The predicted octanol–water partition coefficient (Wildman–Crippen LogP) is 4.59. The van der Waals surface area contributed by atoms with Gasteiger partial charge in [-0.3, -0.25) is 4.79 Å². The van der Waals surface area contributed by atoms with Gasteiger partial charge in [0.05, 0.1) is 11.8 Å². The first-order valence-electron chi connectivity index (χ1n) is 10.2. The largest absolute Gasteiger partial charge is 0.393 e. The Bertz CT molecular complexity index is 1110. The van der Waals surface area contributed by atoms with Crippen molar-refractivity contribution in [2.45, 2.75) is 37.9 Å². The third kappa shape index (κ3) is 4.11. The second kappa shape index (κ2) is 7.47. The number of rotatable bonds is 4. The number of carbonyl (C=O) groups excluding carboxylic acids is 1. The lowest BCUT2D eigenvalue weighted by atomic mass is 9.65. The summed E-state index contributed by atoms with van der Waals surface area (Å²) in [6.07, 6.45) is -0.966. The minimum Gasteiger partial charge on any atom is -0.355 e. The molecule has 1 aliphatic carbocycles. The van der Waals surface area contributed by atoms with Gasteiger partial charge in [0, 0.05) is 29.6 Å². The number of carbonyl (C=O) groups is 1. The highest BCUT2D eigenvalue weighted by atomic mass is 32.1. The van der Waals surface area contributed by atoms with Crippen LogP contribution in [0.25, 0.3) is 10.2 Å². The Morgan fingerprint density at radius 3 is 2.74 bits per heavy atom. The summed E-state index contributed by atoms with van der Waals surface area (Å²) in [5.41, 5.74) is 0.781. The van der Waals surface area contributed by atoms with Crippen LogP contribution in [0.3, 0.4) is 0 Å². The van der Waals surface area contributed by atoms with Crippen molar-refractivity contribution in [3.8, 4) is 0 Å². The number of amides is 1. The summed E-state index contributed by atoms with van der Waals surface area (Å²) in [6.45, 7) is 1.59. The van der Waals surface area contributed by atoms with Crippen LogP contribution in [0.15, 0.2) is 42.7 Å². The quantitative estimate of drug-likeness (QED) is 0.637. The Morgan fingerprint density at radius 1 is 1.23 bits per heavy atom. The maximum Gasteiger partial charge on any atom is 0.393 e. The Kier molecular flexibility index (Phi) is 4.88. The van der Waals surface area contributed by atoms with Crippen molar-refractivity contribution in [3.05, 3.63) is 53.2 Å². The molecule has 1 aliphatic heterocycles. The molecule has 5 nitrogen and oxygen atoms in total. The van der Waals surface area contributed by atoms with E-state index in [0.717, 1.165) is 43.7 Å². The van der Waals surface area contributed by atoms with Crippen LogP contribution in [0.4, 0.5) is 19.0 Å². The molecule has 1 saturated carbocycles. The zero-order valence-corrected chi connectivity index (χ0v) is 17.5. The Hall–Kier alpha value is -2.68. The van der Waals surface area contributed by atoms with Crippen LogP contribution < -0.4 is 10.2 Å². The van der Waals surface area contributed by atoms with Crippen molar-refractivity contribution >= 4 is 33.3 Å². The van der Waals surface area contributed by atoms with E-state index >= 15 is 0 Å². The molecule has 0 bridgehead atoms. The molecule has 0 unspecified atom stereocenters. The molecule has 3 heterocycles. The summed E-state index contributed by atoms with van der Waals surface area (Å²) in [4.78, 5) is 23.9. The number of fused-ring (bicyclic) bond motifs is 1. The highest BCUT2D eigenvalue weighted by Crippen LogP contribution is 2.49. The zero-order chi connectivity index (χ0) is 21.6. The third-order valence-electron chi connectivity index (χ3n) is 6.20. The average molecular weight is 446 g/mol. The number of alkyl halides is 3. The van der Waals surface area contributed by atoms with E-state index in [1.54, 1.807) is 18.2 Å². The van der Waals surface area contributed by atoms with Crippen molar-refractivity contribution in [1.29, 1.82) is 0 Å². The molecule has 2 aromatic heterocycles. The zero-order valence-electron chi connectivity index (χ0n) is 16.7. The van der Waals surface area contributed by atoms with Gasteiger partial charge in [-0.1, -0.05) is 18.2 Å². The molecule has 5 rings (SSSR count). The number of halogens is 3. The van der Waals surface area contributed by atoms with E-state index in [0.29, 0.717) is 21.6 Å². The monoisotopic (exact) mass is 446 g/mol. The number of nitrogens with zero attached hydrogens (tertiary/aromatic N) is 3. The fraction of sp³-hybridized carbons (Fsp3) is 0.409. The fourth-order valence-corrected chi connectivity index (χ4v) is 5.85. The summed E-state index contributed by atoms with van der Waals surface area (Å²) in [6, 6.07) is 10.9. The topological polar surface area (TPSA) is 58.1 Å². The van der Waals surface area contributed by atoms with Crippen LogP contribution in [0, 0.1) is 5.41 Å². The molecule has 9 heteroatoms. The van der Waals surface area contributed by atoms with E-state index in [1.165, 1.54) is 6.33 Å². The molecule has 162 valence electrons. The number of thiophene rings is 1. The summed E-state index contributed by atoms with van der Waals surface area (Å²) in [7, 11) is 0. The van der Waals surface area contributed by atoms with E-state index in [-0.39, 0.29) is 22.2 Å². The van der Waals surface area contributed by atoms with Crippen LogP contribution in [-0.4, -0.2) is 41.2 Å². The van der Waals surface area contributed by atoms with Gasteiger partial charge in [0.15, 0.2) is 0 Å². The molecular weight excluding hydrogens is 425 g/mol. The van der Waals surface area contributed by atoms with E-state index < -0.39 is 12.6 Å². The minimum atomic E-state index is -4.24. The van der Waals surface area contributed by atoms with Crippen LogP contribution in [0.5, 0.6) is 0 Å². The van der Waals surface area contributed by atoms with Crippen LogP contribution >= 0.6 is 11.3 Å². The van der Waals surface area contributed by atoms with Gasteiger partial charge in [-0.2, -0.15) is 13.2 Å². The van der Waals surface area contributed by atoms with Gasteiger partial charge in [0.2, 0.25) is 0 Å². The first kappa shape index (κ1) is 20.2. The standard InChI is InChI=1S/C22H21F3N4OS/c23-22(24,25)11-16-8-17-18(26-13-27-20(17)31-16)29-7-6-21(12-29)9-15(10-21)28-19(30)14-4-2-1-3-5-14/h1-5,8,13,15H,6-7,9-12H2,(H,28,30). The molecule has 2 fully saturated rings. The first-order valence-corrected chi connectivity index (χ1v) is 11.0. The smallest absolute Gasteiger partial charge is 0.355 e. The molecule has 31 heavy (non-hydrogen) atoms. The van der Waals surface area contributed by atoms with Gasteiger partial charge in [0.25, 0.3) is 5.91 Å². The Morgan fingerprint density at radius 2 is 2.00 bits per heavy atom. The summed E-state index contributed by atoms with van der Waals surface area (Å²) in [5, 5.41) is 3.80. The Labute approximate surface area is 181 Å². The third-order valence-corrected chi connectivity index (χ3v) is 7.25. The van der Waals surface area contributed by atoms with Crippen molar-refractivity contribution in [2.75, 3.05) is 18.0 Å². The van der Waals surface area contributed by atoms with Crippen LogP contribution in [0.2, 0.25) is 0 Å². The molecule has 1 N–H and O–H groups in total. The van der Waals surface area contributed by atoms with Gasteiger partial charge in [-0.15, -0.1) is 11.3 Å². The van der Waals surface area contributed by atoms with Gasteiger partial charge in [0.1, 0.15) is 17.0 Å². The van der Waals surface area contributed by atoms with Gasteiger partial charge in [-0.05, 0) is 42.9 Å². The van der Waals surface area contributed by atoms with Crippen LogP contribution in [-0.2, 0) is 6.42 Å². The van der Waals surface area contributed by atoms with E-state index in [4.69, 9.17) is 0 Å². The number of hydrogen-bond donors (Lipinski definition) is 1. The number of nitrogens with one attached hydrogen (secondary N) is 1. The summed E-state index contributed by atoms with van der Waals surface area (Å²) in [5.74, 6) is 0.659. The SMILES string of the molecule is O=C(NC1CC2(CCN(c3ncnc4sc(CC(F)(F)F)cc34)C2)C1)c1ccccc1. The van der Waals surface area contributed by atoms with Crippen molar-refractivity contribution in [1.82, 2.24) is 15.3 Å². The lowest BCUT2D eigenvalue weighted by molar-refractivity contribution is -0.126. The predicted molar refractivity (Wildman–Crippen MR) is 113 cm³/mol. The highest BCUT2D eigenvalue weighted by molar-refractivity contribution is 7.18. The molecule has 0 atom stereocenters. The van der Waals surface area contributed by atoms with Crippen molar-refractivity contribution in [3.63, 3.8) is 0 Å². The molecule has 1 aromatic carbocycles. The van der Waals surface area contributed by atoms with E-state index in [9.17, 15) is 18.0 Å². The molecule has 3 aromatic rings. The molecule has 1 amide bonds. The maximum absolute atomic E-state index is 12.8. The lowest BCUT2D eigenvalue weighted by Gasteiger charge is -2.45. The number of anilines is 1. The minimum absolute atomic E-state index is 0.0525. The number of aromatic nitrogens is 2. The van der Waals surface area contributed by atoms with Gasteiger partial charge in [-0.25, -0.2) is 9.97 Å². The van der Waals surface area contributed by atoms with Crippen molar-refractivity contribution in [2.24, 2.45) is 5.41 Å². The number of hydrogen-bond acceptors (Lipinski definition) is 5. The second-order valence-electron chi connectivity index (χ2n) is 8.54. The van der Waals surface area contributed by atoms with E-state index in [1.807, 2.05) is 18.2 Å². The number of benzene rings is 1. The Balaban J connectivity index is 1.25. The van der Waals surface area contributed by atoms with Crippen molar-refractivity contribution < 1.29 is 18.0 Å². The maximum atomic E-state index is 12.8. The van der Waals surface area contributed by atoms with Crippen LogP contribution in [0.1, 0.15) is 34.5 Å². The highest BCUT2D eigenvalue weighted by Gasteiger charge is 2.49. The van der Waals surface area contributed by atoms with Gasteiger partial charge >= 0.3 is 6.18 Å². The molecule has 0 radical (unpaired) electrons. The molecule has 1 spiro atoms. The average Bonchev–Trinajstić information content (AvgIpc) is 3.31. The molecule has 2 aliphatic rings. The van der Waals surface area contributed by atoms with Gasteiger partial charge < -0.3 is 10.2 Å².